The fourth-order valence-corrected chi connectivity index (χ4v) is 3.72. The number of nitrogens with one attached hydrogen (secondary N) is 1. The number of nitrogens with zero attached hydrogens (tertiary/aromatic N) is 1. The third-order valence-corrected chi connectivity index (χ3v) is 5.32. The number of aromatic nitrogens is 1. The highest BCUT2D eigenvalue weighted by molar-refractivity contribution is 7.18. The van der Waals surface area contributed by atoms with Crippen LogP contribution in [0.25, 0.3) is 10.2 Å². The summed E-state index contributed by atoms with van der Waals surface area (Å²) in [7, 11) is 0. The van der Waals surface area contributed by atoms with Gasteiger partial charge in [-0.3, -0.25) is 9.59 Å². The standard InChI is InChI=1S/C21H20F2N2O3S/c1-13(21(27)25-16-11-10-14(22)12-15(16)23)28-20(26)9-5-4-8-19-24-17-6-2-3-7-18(17)29-19/h2-3,6-7,10-13H,4-5,8-9H2,1H3,(H,25,27)/t13-/m0/s1. The Morgan fingerprint density at radius 1 is 1.17 bits per heavy atom. The molecule has 0 aliphatic heterocycles. The average molecular weight is 418 g/mol. The zero-order chi connectivity index (χ0) is 20.8. The van der Waals surface area contributed by atoms with E-state index in [1.165, 1.54) is 6.92 Å². The van der Waals surface area contributed by atoms with Crippen molar-refractivity contribution >= 4 is 39.1 Å². The minimum Gasteiger partial charge on any atom is -0.453 e. The number of hydrogen-bond donors (Lipinski definition) is 1. The predicted molar refractivity (Wildman–Crippen MR) is 108 cm³/mol. The van der Waals surface area contributed by atoms with E-state index in [1.807, 2.05) is 24.3 Å². The first kappa shape index (κ1) is 20.9. The largest absolute Gasteiger partial charge is 0.453 e. The molecule has 1 N–H and O–H groups in total. The number of carbonyl (C=O) groups is 2. The van der Waals surface area contributed by atoms with Gasteiger partial charge in [-0.15, -0.1) is 11.3 Å². The number of halogens is 2. The molecule has 3 rings (SSSR count). The Kier molecular flexibility index (Phi) is 6.87. The zero-order valence-corrected chi connectivity index (χ0v) is 16.6. The normalized spacial score (nSPS) is 12.0. The van der Waals surface area contributed by atoms with Gasteiger partial charge in [-0.1, -0.05) is 12.1 Å². The second-order valence-corrected chi connectivity index (χ2v) is 7.64. The van der Waals surface area contributed by atoms with Gasteiger partial charge in [0.25, 0.3) is 5.91 Å². The molecule has 0 bridgehead atoms. The van der Waals surface area contributed by atoms with Crippen molar-refractivity contribution in [2.45, 2.75) is 38.7 Å². The number of anilines is 1. The molecule has 152 valence electrons. The summed E-state index contributed by atoms with van der Waals surface area (Å²) in [4.78, 5) is 28.5. The van der Waals surface area contributed by atoms with Gasteiger partial charge in [-0.25, -0.2) is 13.8 Å². The molecule has 0 fully saturated rings. The van der Waals surface area contributed by atoms with Gasteiger partial charge in [0.15, 0.2) is 6.10 Å². The van der Waals surface area contributed by atoms with Crippen LogP contribution in [-0.4, -0.2) is 23.0 Å². The lowest BCUT2D eigenvalue weighted by molar-refractivity contribution is -0.153. The Hall–Kier alpha value is -2.87. The number of unbranched alkanes of at least 4 members (excludes halogenated alkanes) is 1. The summed E-state index contributed by atoms with van der Waals surface area (Å²) in [5.74, 6) is -2.83. The summed E-state index contributed by atoms with van der Waals surface area (Å²) in [6, 6.07) is 10.7. The van der Waals surface area contributed by atoms with E-state index in [1.54, 1.807) is 11.3 Å². The van der Waals surface area contributed by atoms with E-state index in [0.29, 0.717) is 12.5 Å². The van der Waals surface area contributed by atoms with Crippen molar-refractivity contribution in [3.63, 3.8) is 0 Å². The number of hydrogen-bond acceptors (Lipinski definition) is 5. The van der Waals surface area contributed by atoms with Gasteiger partial charge < -0.3 is 10.1 Å². The van der Waals surface area contributed by atoms with Crippen LogP contribution in [0, 0.1) is 11.6 Å². The van der Waals surface area contributed by atoms with Crippen molar-refractivity contribution in [2.24, 2.45) is 0 Å². The molecule has 8 heteroatoms. The Balaban J connectivity index is 1.39. The molecule has 3 aromatic rings. The number of fused-ring (bicyclic) bond motifs is 1. The number of para-hydroxylation sites is 1. The SMILES string of the molecule is C[C@H](OC(=O)CCCCc1nc2ccccc2s1)C(=O)Nc1ccc(F)cc1F. The Morgan fingerprint density at radius 3 is 2.72 bits per heavy atom. The van der Waals surface area contributed by atoms with Crippen molar-refractivity contribution in [3.8, 4) is 0 Å². The third-order valence-electron chi connectivity index (χ3n) is 4.23. The lowest BCUT2D eigenvalue weighted by Crippen LogP contribution is -2.30. The van der Waals surface area contributed by atoms with E-state index in [9.17, 15) is 18.4 Å². The molecule has 0 radical (unpaired) electrons. The van der Waals surface area contributed by atoms with Gasteiger partial charge in [0.05, 0.1) is 20.9 Å². The first-order valence-corrected chi connectivity index (χ1v) is 10.0. The van der Waals surface area contributed by atoms with E-state index in [-0.39, 0.29) is 12.1 Å². The van der Waals surface area contributed by atoms with Crippen LogP contribution in [0.15, 0.2) is 42.5 Å². The van der Waals surface area contributed by atoms with E-state index < -0.39 is 29.6 Å². The molecule has 0 aliphatic rings. The van der Waals surface area contributed by atoms with E-state index >= 15 is 0 Å². The van der Waals surface area contributed by atoms with Crippen LogP contribution in [0.3, 0.4) is 0 Å². The number of ether oxygens (including phenoxy) is 1. The summed E-state index contributed by atoms with van der Waals surface area (Å²) < 4.78 is 32.7. The minimum atomic E-state index is -1.09. The van der Waals surface area contributed by atoms with Gasteiger partial charge in [-0.05, 0) is 50.5 Å². The van der Waals surface area contributed by atoms with Gasteiger partial charge in [-0.2, -0.15) is 0 Å². The number of amides is 1. The third kappa shape index (κ3) is 5.80. The monoisotopic (exact) mass is 418 g/mol. The molecule has 0 unspecified atom stereocenters. The highest BCUT2D eigenvalue weighted by Gasteiger charge is 2.19. The van der Waals surface area contributed by atoms with Crippen LogP contribution in [0.1, 0.15) is 31.2 Å². The number of rotatable bonds is 8. The lowest BCUT2D eigenvalue weighted by atomic mass is 10.2. The summed E-state index contributed by atoms with van der Waals surface area (Å²) in [5, 5.41) is 3.30. The first-order valence-electron chi connectivity index (χ1n) is 9.22. The van der Waals surface area contributed by atoms with Crippen molar-refractivity contribution in [1.82, 2.24) is 4.98 Å². The molecule has 2 aromatic carbocycles. The fraction of sp³-hybridized carbons (Fsp3) is 0.286. The van der Waals surface area contributed by atoms with Crippen molar-refractivity contribution in [3.05, 3.63) is 59.1 Å². The highest BCUT2D eigenvalue weighted by atomic mass is 32.1. The molecule has 0 saturated carbocycles. The minimum absolute atomic E-state index is 0.171. The molecule has 0 spiro atoms. The van der Waals surface area contributed by atoms with Crippen LogP contribution in [0.4, 0.5) is 14.5 Å². The summed E-state index contributed by atoms with van der Waals surface area (Å²) in [6.45, 7) is 1.40. The molecule has 1 amide bonds. The Bertz CT molecular complexity index is 989. The number of benzene rings is 2. The van der Waals surface area contributed by atoms with E-state index in [2.05, 4.69) is 10.3 Å². The molecule has 5 nitrogen and oxygen atoms in total. The van der Waals surface area contributed by atoms with Crippen molar-refractivity contribution < 1.29 is 23.1 Å². The Labute approximate surface area is 170 Å². The highest BCUT2D eigenvalue weighted by Crippen LogP contribution is 2.23. The van der Waals surface area contributed by atoms with Crippen molar-refractivity contribution in [2.75, 3.05) is 5.32 Å². The second kappa shape index (κ2) is 9.56. The maximum absolute atomic E-state index is 13.6. The number of aryl methyl sites for hydroxylation is 1. The molecule has 1 atom stereocenters. The van der Waals surface area contributed by atoms with E-state index in [0.717, 1.165) is 40.2 Å². The topological polar surface area (TPSA) is 68.3 Å². The lowest BCUT2D eigenvalue weighted by Gasteiger charge is -2.14. The molecule has 0 aliphatic carbocycles. The number of carbonyl (C=O) groups excluding carboxylic acids is 2. The maximum Gasteiger partial charge on any atom is 0.306 e. The Morgan fingerprint density at radius 2 is 1.97 bits per heavy atom. The quantitative estimate of drug-likeness (QED) is 0.419. The van der Waals surface area contributed by atoms with Crippen LogP contribution in [0.5, 0.6) is 0 Å². The first-order chi connectivity index (χ1) is 13.9. The van der Waals surface area contributed by atoms with Crippen LogP contribution in [-0.2, 0) is 20.7 Å². The van der Waals surface area contributed by atoms with Crippen LogP contribution in [0.2, 0.25) is 0 Å². The van der Waals surface area contributed by atoms with E-state index in [4.69, 9.17) is 4.74 Å². The average Bonchev–Trinajstić information content (AvgIpc) is 3.10. The summed E-state index contributed by atoms with van der Waals surface area (Å²) >= 11 is 1.64. The zero-order valence-electron chi connectivity index (χ0n) is 15.8. The predicted octanol–water partition coefficient (Wildman–Crippen LogP) is 4.86. The number of thiazole rings is 1. The maximum atomic E-state index is 13.6. The van der Waals surface area contributed by atoms with Crippen LogP contribution >= 0.6 is 11.3 Å². The summed E-state index contributed by atoms with van der Waals surface area (Å²) in [5.41, 5.74) is 0.805. The molecule has 29 heavy (non-hydrogen) atoms. The van der Waals surface area contributed by atoms with Crippen LogP contribution < -0.4 is 5.32 Å². The molecule has 1 aromatic heterocycles. The van der Waals surface area contributed by atoms with Gasteiger partial charge in [0.2, 0.25) is 0 Å². The van der Waals surface area contributed by atoms with Gasteiger partial charge >= 0.3 is 5.97 Å². The second-order valence-electron chi connectivity index (χ2n) is 6.53. The molecule has 0 saturated heterocycles. The molecular weight excluding hydrogens is 398 g/mol. The van der Waals surface area contributed by atoms with Gasteiger partial charge in [0.1, 0.15) is 11.6 Å². The molecular formula is C21H20F2N2O3S. The van der Waals surface area contributed by atoms with Gasteiger partial charge in [0, 0.05) is 12.5 Å². The smallest absolute Gasteiger partial charge is 0.306 e. The summed E-state index contributed by atoms with van der Waals surface area (Å²) in [6.07, 6.45) is 1.24. The number of esters is 1. The molecule has 1 heterocycles. The van der Waals surface area contributed by atoms with Crippen molar-refractivity contribution in [1.29, 1.82) is 0 Å². The fourth-order valence-electron chi connectivity index (χ4n) is 2.71.